The van der Waals surface area contributed by atoms with Crippen molar-refractivity contribution in [3.63, 3.8) is 0 Å². The van der Waals surface area contributed by atoms with Crippen LogP contribution in [0.4, 0.5) is 0 Å². The maximum atomic E-state index is 13.1. The first-order valence-electron chi connectivity index (χ1n) is 12.4. The van der Waals surface area contributed by atoms with Crippen molar-refractivity contribution in [3.05, 3.63) is 83.9 Å². The van der Waals surface area contributed by atoms with Gasteiger partial charge in [-0.25, -0.2) is 22.7 Å². The van der Waals surface area contributed by atoms with Crippen LogP contribution >= 0.6 is 0 Å². The molecule has 0 radical (unpaired) electrons. The molecule has 218 valence electrons. The lowest BCUT2D eigenvalue weighted by atomic mass is 10.0. The Hall–Kier alpha value is -4.62. The number of ether oxygens (including phenoxy) is 3. The average Bonchev–Trinajstić information content (AvgIpc) is 2.96. The van der Waals surface area contributed by atoms with E-state index >= 15 is 0 Å². The van der Waals surface area contributed by atoms with Gasteiger partial charge in [-0.05, 0) is 60.5 Å². The molecule has 0 aromatic heterocycles. The van der Waals surface area contributed by atoms with Crippen LogP contribution in [0.3, 0.4) is 0 Å². The molecule has 0 spiro atoms. The number of sulfonamides is 1. The second-order valence-corrected chi connectivity index (χ2v) is 10.4. The summed E-state index contributed by atoms with van der Waals surface area (Å²) >= 11 is 0. The van der Waals surface area contributed by atoms with Gasteiger partial charge in [0.1, 0.15) is 22.8 Å². The van der Waals surface area contributed by atoms with E-state index in [0.717, 1.165) is 6.07 Å². The summed E-state index contributed by atoms with van der Waals surface area (Å²) in [7, 11) is -2.54. The lowest BCUT2D eigenvalue weighted by molar-refractivity contribution is -0.139. The van der Waals surface area contributed by atoms with Crippen molar-refractivity contribution in [2.75, 3.05) is 26.9 Å². The van der Waals surface area contributed by atoms with Crippen molar-refractivity contribution in [2.45, 2.75) is 23.8 Å². The Labute approximate surface area is 236 Å². The zero-order chi connectivity index (χ0) is 29.8. The van der Waals surface area contributed by atoms with Gasteiger partial charge in [-0.15, -0.1) is 0 Å². The third-order valence-electron chi connectivity index (χ3n) is 5.70. The number of aromatic carboxylic acids is 1. The molecule has 0 saturated heterocycles. The van der Waals surface area contributed by atoms with Crippen molar-refractivity contribution in [1.82, 2.24) is 10.0 Å². The molecule has 13 heteroatoms. The fourth-order valence-corrected chi connectivity index (χ4v) is 4.94. The van der Waals surface area contributed by atoms with E-state index in [1.54, 1.807) is 49.6 Å². The first-order valence-corrected chi connectivity index (χ1v) is 13.9. The number of carboxylic acids is 2. The molecule has 4 N–H and O–H groups in total. The molecule has 0 aliphatic rings. The summed E-state index contributed by atoms with van der Waals surface area (Å²) in [5.74, 6) is -2.09. The summed E-state index contributed by atoms with van der Waals surface area (Å²) in [5, 5.41) is 21.2. The van der Waals surface area contributed by atoms with Crippen LogP contribution < -0.4 is 24.2 Å². The van der Waals surface area contributed by atoms with Gasteiger partial charge in [0.25, 0.3) is 0 Å². The number of rotatable bonds is 16. The summed E-state index contributed by atoms with van der Waals surface area (Å²) in [6, 6.07) is 17.1. The Bertz CT molecular complexity index is 1440. The molecule has 12 nitrogen and oxygen atoms in total. The van der Waals surface area contributed by atoms with E-state index in [1.165, 1.54) is 24.3 Å². The highest BCUT2D eigenvalue weighted by Gasteiger charge is 2.25. The lowest BCUT2D eigenvalue weighted by Gasteiger charge is -2.20. The van der Waals surface area contributed by atoms with Crippen LogP contribution in [0, 0.1) is 0 Å². The molecule has 0 heterocycles. The Morgan fingerprint density at radius 1 is 0.902 bits per heavy atom. The van der Waals surface area contributed by atoms with E-state index < -0.39 is 40.5 Å². The number of aliphatic carboxylic acids is 1. The monoisotopic (exact) mass is 586 g/mol. The third kappa shape index (κ3) is 9.51. The van der Waals surface area contributed by atoms with Gasteiger partial charge in [-0.1, -0.05) is 24.3 Å². The molecule has 1 atom stereocenters. The fourth-order valence-electron chi connectivity index (χ4n) is 3.70. The van der Waals surface area contributed by atoms with E-state index in [2.05, 4.69) is 10.0 Å². The highest BCUT2D eigenvalue weighted by molar-refractivity contribution is 7.89. The molecule has 1 amide bonds. The summed E-state index contributed by atoms with van der Waals surface area (Å²) in [6.45, 7) is -0.208. The molecular formula is C28H30N2O10S. The average molecular weight is 587 g/mol. The molecule has 3 rings (SSSR count). The number of carbonyl (C=O) groups is 3. The predicted molar refractivity (Wildman–Crippen MR) is 147 cm³/mol. The Morgan fingerprint density at radius 3 is 2.22 bits per heavy atom. The minimum absolute atomic E-state index is 0.0408. The van der Waals surface area contributed by atoms with Crippen molar-refractivity contribution in [1.29, 1.82) is 0 Å². The van der Waals surface area contributed by atoms with Crippen molar-refractivity contribution in [2.24, 2.45) is 0 Å². The number of carboxylic acid groups (broad SMARTS) is 2. The zero-order valence-corrected chi connectivity index (χ0v) is 22.9. The number of carbonyl (C=O) groups excluding carboxylic acids is 1. The predicted octanol–water partition coefficient (Wildman–Crippen LogP) is 2.85. The van der Waals surface area contributed by atoms with Crippen LogP contribution in [-0.4, -0.2) is 63.3 Å². The summed E-state index contributed by atoms with van der Waals surface area (Å²) in [6.07, 6.45) is 0.122. The zero-order valence-electron chi connectivity index (χ0n) is 22.1. The molecule has 3 aromatic carbocycles. The van der Waals surface area contributed by atoms with Gasteiger partial charge < -0.3 is 29.7 Å². The van der Waals surface area contributed by atoms with Crippen molar-refractivity contribution in [3.8, 4) is 17.2 Å². The second-order valence-electron chi connectivity index (χ2n) is 8.66. The lowest BCUT2D eigenvalue weighted by Crippen LogP contribution is -2.34. The summed E-state index contributed by atoms with van der Waals surface area (Å²) in [4.78, 5) is 35.5. The maximum Gasteiger partial charge on any atom is 0.341 e. The molecule has 0 bridgehead atoms. The topological polar surface area (TPSA) is 178 Å². The van der Waals surface area contributed by atoms with Crippen LogP contribution in [-0.2, 0) is 19.6 Å². The highest BCUT2D eigenvalue weighted by Crippen LogP contribution is 2.27. The minimum Gasteiger partial charge on any atom is -0.497 e. The SMILES string of the molecule is COc1ccc(OCCCNC(=O)CC(NS(=O)(=O)c2ccccc2)c2ccc(OCC(=O)O)c(C(=O)O)c2)cc1. The van der Waals surface area contributed by atoms with Crippen LogP contribution in [0.1, 0.15) is 34.8 Å². The van der Waals surface area contributed by atoms with Crippen LogP contribution in [0.2, 0.25) is 0 Å². The normalized spacial score (nSPS) is 11.7. The number of hydrogen-bond donors (Lipinski definition) is 4. The third-order valence-corrected chi connectivity index (χ3v) is 7.19. The summed E-state index contributed by atoms with van der Waals surface area (Å²) < 4.78 is 44.4. The number of hydrogen-bond acceptors (Lipinski definition) is 8. The van der Waals surface area contributed by atoms with Gasteiger partial charge in [0.2, 0.25) is 15.9 Å². The largest absolute Gasteiger partial charge is 0.497 e. The van der Waals surface area contributed by atoms with E-state index in [-0.39, 0.29) is 34.7 Å². The smallest absolute Gasteiger partial charge is 0.341 e. The van der Waals surface area contributed by atoms with E-state index in [1.807, 2.05) is 0 Å². The van der Waals surface area contributed by atoms with E-state index in [9.17, 15) is 27.9 Å². The number of benzene rings is 3. The molecule has 0 saturated carbocycles. The van der Waals surface area contributed by atoms with Gasteiger partial charge in [0.15, 0.2) is 6.61 Å². The van der Waals surface area contributed by atoms with Crippen molar-refractivity contribution >= 4 is 27.9 Å². The van der Waals surface area contributed by atoms with Gasteiger partial charge in [-0.3, -0.25) is 4.79 Å². The Balaban J connectivity index is 1.71. The highest BCUT2D eigenvalue weighted by atomic mass is 32.2. The molecule has 0 aliphatic carbocycles. The van der Waals surface area contributed by atoms with Gasteiger partial charge in [0.05, 0.1) is 24.7 Å². The standard InChI is InChI=1S/C28H30N2O10S/c1-38-20-9-11-21(12-10-20)39-15-5-14-29-26(31)17-24(30-41(36,37)22-6-3-2-4-7-22)19-8-13-25(40-18-27(32)33)23(16-19)28(34)35/h2-4,6-13,16,24,30H,5,14-15,17-18H2,1H3,(H,29,31)(H,32,33)(H,34,35). The molecule has 0 fully saturated rings. The van der Waals surface area contributed by atoms with Gasteiger partial charge in [-0.2, -0.15) is 0 Å². The van der Waals surface area contributed by atoms with Crippen LogP contribution in [0.25, 0.3) is 0 Å². The first kappa shape index (κ1) is 30.9. The molecular weight excluding hydrogens is 556 g/mol. The van der Waals surface area contributed by atoms with Crippen LogP contribution in [0.5, 0.6) is 17.2 Å². The minimum atomic E-state index is -4.10. The first-order chi connectivity index (χ1) is 19.6. The molecule has 0 aliphatic heterocycles. The van der Waals surface area contributed by atoms with E-state index in [0.29, 0.717) is 24.5 Å². The van der Waals surface area contributed by atoms with Crippen molar-refractivity contribution < 1.29 is 47.2 Å². The summed E-state index contributed by atoms with van der Waals surface area (Å²) in [5.41, 5.74) is -0.216. The fraction of sp³-hybridized carbons (Fsp3) is 0.250. The Morgan fingerprint density at radius 2 is 1.59 bits per heavy atom. The van der Waals surface area contributed by atoms with Gasteiger partial charge in [0, 0.05) is 13.0 Å². The van der Waals surface area contributed by atoms with E-state index in [4.69, 9.17) is 19.3 Å². The molecule has 1 unspecified atom stereocenters. The quantitative estimate of drug-likeness (QED) is 0.183. The van der Waals surface area contributed by atoms with Crippen LogP contribution in [0.15, 0.2) is 77.7 Å². The second kappa shape index (κ2) is 14.7. The molecule has 41 heavy (non-hydrogen) atoms. The van der Waals surface area contributed by atoms with Gasteiger partial charge >= 0.3 is 11.9 Å². The molecule has 3 aromatic rings. The number of methoxy groups -OCH3 is 1. The Kier molecular flexibility index (Phi) is 11.1. The number of nitrogens with one attached hydrogen (secondary N) is 2. The number of amides is 1. The maximum absolute atomic E-state index is 13.1.